The number of anilines is 2. The van der Waals surface area contributed by atoms with E-state index in [4.69, 9.17) is 4.74 Å². The Morgan fingerprint density at radius 1 is 1.23 bits per heavy atom. The summed E-state index contributed by atoms with van der Waals surface area (Å²) >= 11 is 1.34. The van der Waals surface area contributed by atoms with Crippen molar-refractivity contribution in [3.63, 3.8) is 0 Å². The zero-order valence-electron chi connectivity index (χ0n) is 16.8. The third-order valence-electron chi connectivity index (χ3n) is 4.95. The van der Waals surface area contributed by atoms with Gasteiger partial charge in [0.2, 0.25) is 10.0 Å². The molecule has 4 rings (SSSR count). The molecule has 0 unspecified atom stereocenters. The second kappa shape index (κ2) is 7.73. The van der Waals surface area contributed by atoms with Crippen molar-refractivity contribution in [1.29, 1.82) is 0 Å². The molecule has 0 radical (unpaired) electrons. The topological polar surface area (TPSA) is 88.6 Å². The molecule has 1 amide bonds. The number of aryl methyl sites for hydroxylation is 1. The van der Waals surface area contributed by atoms with Crippen LogP contribution in [-0.2, 0) is 16.4 Å². The molecule has 1 aliphatic rings. The fourth-order valence-corrected chi connectivity index (χ4v) is 5.17. The fraction of sp³-hybridized carbons (Fsp3) is 0.238. The second-order valence-electron chi connectivity index (χ2n) is 7.12. The Bertz CT molecular complexity index is 1230. The van der Waals surface area contributed by atoms with Gasteiger partial charge in [-0.15, -0.1) is 11.3 Å². The highest BCUT2D eigenvalue weighted by atomic mass is 32.2. The molecule has 0 fully saturated rings. The molecule has 156 valence electrons. The SMILES string of the molecule is COc1ccc(C)cc1-c1csc(NC(=O)c2ccc3c(c2)CCN3S(C)(=O)=O)n1. The van der Waals surface area contributed by atoms with Crippen LogP contribution in [0.25, 0.3) is 11.3 Å². The third kappa shape index (κ3) is 3.90. The number of amides is 1. The normalized spacial score (nSPS) is 13.2. The van der Waals surface area contributed by atoms with Gasteiger partial charge in [-0.1, -0.05) is 11.6 Å². The van der Waals surface area contributed by atoms with E-state index < -0.39 is 10.0 Å². The van der Waals surface area contributed by atoms with E-state index in [9.17, 15) is 13.2 Å². The van der Waals surface area contributed by atoms with E-state index >= 15 is 0 Å². The lowest BCUT2D eigenvalue weighted by atomic mass is 10.1. The number of sulfonamides is 1. The minimum Gasteiger partial charge on any atom is -0.496 e. The summed E-state index contributed by atoms with van der Waals surface area (Å²) in [6.45, 7) is 2.39. The maximum Gasteiger partial charge on any atom is 0.257 e. The molecule has 0 bridgehead atoms. The van der Waals surface area contributed by atoms with Gasteiger partial charge in [-0.25, -0.2) is 13.4 Å². The van der Waals surface area contributed by atoms with E-state index in [2.05, 4.69) is 10.3 Å². The van der Waals surface area contributed by atoms with Crippen LogP contribution in [0.3, 0.4) is 0 Å². The Hall–Kier alpha value is -2.91. The van der Waals surface area contributed by atoms with Crippen LogP contribution >= 0.6 is 11.3 Å². The fourth-order valence-electron chi connectivity index (χ4n) is 3.50. The average molecular weight is 444 g/mol. The summed E-state index contributed by atoms with van der Waals surface area (Å²) in [4.78, 5) is 17.2. The number of aromatic nitrogens is 1. The summed E-state index contributed by atoms with van der Waals surface area (Å²) in [6, 6.07) is 10.9. The van der Waals surface area contributed by atoms with Crippen molar-refractivity contribution in [2.75, 3.05) is 29.5 Å². The Balaban J connectivity index is 1.54. The summed E-state index contributed by atoms with van der Waals surface area (Å²) in [6.07, 6.45) is 1.77. The van der Waals surface area contributed by atoms with Gasteiger partial charge in [-0.3, -0.25) is 14.4 Å². The van der Waals surface area contributed by atoms with Crippen molar-refractivity contribution in [3.8, 4) is 17.0 Å². The molecule has 1 aliphatic heterocycles. The van der Waals surface area contributed by atoms with E-state index in [1.165, 1.54) is 21.9 Å². The van der Waals surface area contributed by atoms with Gasteiger partial charge in [-0.05, 0) is 49.2 Å². The Kier molecular flexibility index (Phi) is 5.25. The zero-order chi connectivity index (χ0) is 21.5. The summed E-state index contributed by atoms with van der Waals surface area (Å²) in [7, 11) is -1.70. The number of nitrogens with one attached hydrogen (secondary N) is 1. The van der Waals surface area contributed by atoms with E-state index in [0.717, 1.165) is 28.1 Å². The Labute approximate surface area is 179 Å². The largest absolute Gasteiger partial charge is 0.496 e. The van der Waals surface area contributed by atoms with Crippen LogP contribution in [0.15, 0.2) is 41.8 Å². The first-order valence-corrected chi connectivity index (χ1v) is 12.0. The molecule has 30 heavy (non-hydrogen) atoms. The molecule has 0 saturated carbocycles. The molecule has 3 aromatic rings. The first-order chi connectivity index (χ1) is 14.3. The van der Waals surface area contributed by atoms with Crippen LogP contribution in [0.2, 0.25) is 0 Å². The third-order valence-corrected chi connectivity index (χ3v) is 6.89. The number of ether oxygens (including phenoxy) is 1. The van der Waals surface area contributed by atoms with E-state index in [-0.39, 0.29) is 5.91 Å². The summed E-state index contributed by atoms with van der Waals surface area (Å²) in [5.41, 5.74) is 4.63. The molecular weight excluding hydrogens is 422 g/mol. The number of carbonyl (C=O) groups excluding carboxylic acids is 1. The summed E-state index contributed by atoms with van der Waals surface area (Å²) in [5.74, 6) is 0.436. The maximum absolute atomic E-state index is 12.7. The lowest BCUT2D eigenvalue weighted by Gasteiger charge is -2.16. The van der Waals surface area contributed by atoms with Gasteiger partial charge in [0.15, 0.2) is 5.13 Å². The van der Waals surface area contributed by atoms with Crippen LogP contribution in [-0.4, -0.2) is 39.2 Å². The van der Waals surface area contributed by atoms with Crippen molar-refractivity contribution in [3.05, 3.63) is 58.5 Å². The van der Waals surface area contributed by atoms with Crippen molar-refractivity contribution < 1.29 is 17.9 Å². The van der Waals surface area contributed by atoms with Crippen LogP contribution in [0.4, 0.5) is 10.8 Å². The van der Waals surface area contributed by atoms with E-state index in [1.54, 1.807) is 25.3 Å². The van der Waals surface area contributed by atoms with Gasteiger partial charge < -0.3 is 4.74 Å². The molecular formula is C21H21N3O4S2. The monoisotopic (exact) mass is 443 g/mol. The number of hydrogen-bond donors (Lipinski definition) is 1. The molecule has 7 nitrogen and oxygen atoms in total. The molecule has 2 aromatic carbocycles. The van der Waals surface area contributed by atoms with Crippen molar-refractivity contribution >= 4 is 38.1 Å². The smallest absolute Gasteiger partial charge is 0.257 e. The molecule has 0 atom stereocenters. The Morgan fingerprint density at radius 2 is 2.03 bits per heavy atom. The highest BCUT2D eigenvalue weighted by Gasteiger charge is 2.27. The van der Waals surface area contributed by atoms with Crippen LogP contribution in [0, 0.1) is 6.92 Å². The number of rotatable bonds is 5. The number of methoxy groups -OCH3 is 1. The van der Waals surface area contributed by atoms with Gasteiger partial charge in [-0.2, -0.15) is 0 Å². The molecule has 0 spiro atoms. The van der Waals surface area contributed by atoms with Gasteiger partial charge in [0, 0.05) is 23.1 Å². The Morgan fingerprint density at radius 3 is 2.77 bits per heavy atom. The van der Waals surface area contributed by atoms with Gasteiger partial charge in [0.1, 0.15) is 5.75 Å². The van der Waals surface area contributed by atoms with Gasteiger partial charge in [0.05, 0.1) is 24.7 Å². The standard InChI is InChI=1S/C21H21N3O4S2/c1-13-4-7-19(28-2)16(10-13)17-12-29-21(22-17)23-20(25)15-5-6-18-14(11-15)8-9-24(18)30(3,26)27/h4-7,10-12H,8-9H2,1-3H3,(H,22,23,25). The minimum atomic E-state index is -3.32. The van der Waals surface area contributed by atoms with Crippen molar-refractivity contribution in [1.82, 2.24) is 4.98 Å². The van der Waals surface area contributed by atoms with Crippen molar-refractivity contribution in [2.24, 2.45) is 0 Å². The van der Waals surface area contributed by atoms with Gasteiger partial charge >= 0.3 is 0 Å². The van der Waals surface area contributed by atoms with E-state index in [0.29, 0.717) is 29.3 Å². The number of fused-ring (bicyclic) bond motifs is 1. The predicted octanol–water partition coefficient (Wildman–Crippen LogP) is 3.70. The maximum atomic E-state index is 12.7. The predicted molar refractivity (Wildman–Crippen MR) is 119 cm³/mol. The van der Waals surface area contributed by atoms with Crippen LogP contribution < -0.4 is 14.4 Å². The molecule has 9 heteroatoms. The molecule has 2 heterocycles. The zero-order valence-corrected chi connectivity index (χ0v) is 18.4. The van der Waals surface area contributed by atoms with E-state index in [1.807, 2.05) is 30.5 Å². The summed E-state index contributed by atoms with van der Waals surface area (Å²) < 4.78 is 30.5. The molecule has 0 saturated heterocycles. The molecule has 1 N–H and O–H groups in total. The number of hydrogen-bond acceptors (Lipinski definition) is 6. The minimum absolute atomic E-state index is 0.285. The second-order valence-corrected chi connectivity index (χ2v) is 9.89. The highest BCUT2D eigenvalue weighted by molar-refractivity contribution is 7.92. The molecule has 1 aromatic heterocycles. The lowest BCUT2D eigenvalue weighted by Crippen LogP contribution is -2.27. The molecule has 0 aliphatic carbocycles. The first kappa shape index (κ1) is 20.4. The number of thiazole rings is 1. The quantitative estimate of drug-likeness (QED) is 0.650. The van der Waals surface area contributed by atoms with Crippen molar-refractivity contribution in [2.45, 2.75) is 13.3 Å². The number of nitrogens with zero attached hydrogens (tertiary/aromatic N) is 2. The first-order valence-electron chi connectivity index (χ1n) is 9.29. The van der Waals surface area contributed by atoms with Gasteiger partial charge in [0.25, 0.3) is 5.91 Å². The lowest BCUT2D eigenvalue weighted by molar-refractivity contribution is 0.102. The summed E-state index contributed by atoms with van der Waals surface area (Å²) in [5, 5.41) is 5.19. The van der Waals surface area contributed by atoms with Crippen LogP contribution in [0.1, 0.15) is 21.5 Å². The van der Waals surface area contributed by atoms with Crippen LogP contribution in [0.5, 0.6) is 5.75 Å². The highest BCUT2D eigenvalue weighted by Crippen LogP contribution is 2.34. The number of benzene rings is 2. The number of carbonyl (C=O) groups is 1. The average Bonchev–Trinajstić information content (AvgIpc) is 3.34.